The fourth-order valence-electron chi connectivity index (χ4n) is 6.65. The molecule has 0 unspecified atom stereocenters. The average Bonchev–Trinajstić information content (AvgIpc) is 3.70. The third kappa shape index (κ3) is 10.2. The molecule has 14 nitrogen and oxygen atoms in total. The van der Waals surface area contributed by atoms with Crippen LogP contribution in [0.15, 0.2) is 70.0 Å². The number of thiazole rings is 1. The molecule has 3 aromatic rings. The number of anilines is 1. The van der Waals surface area contributed by atoms with Crippen molar-refractivity contribution in [1.82, 2.24) is 24.4 Å². The number of amides is 4. The molecule has 1 aliphatic heterocycles. The third-order valence-corrected chi connectivity index (χ3v) is 12.6. The van der Waals surface area contributed by atoms with Crippen LogP contribution in [0.25, 0.3) is 0 Å². The fraction of sp³-hybridized carbons (Fsp3) is 0.486. The number of nitrogens with one attached hydrogen (secondary N) is 2. The molecule has 2 heterocycles. The number of urea groups is 1. The van der Waals surface area contributed by atoms with Gasteiger partial charge in [0, 0.05) is 38.5 Å². The second-order valence-electron chi connectivity index (χ2n) is 13.9. The van der Waals surface area contributed by atoms with Gasteiger partial charge in [0.05, 0.1) is 35.5 Å². The van der Waals surface area contributed by atoms with Crippen molar-refractivity contribution in [3.8, 4) is 0 Å². The van der Waals surface area contributed by atoms with Crippen molar-refractivity contribution >= 4 is 50.6 Å². The van der Waals surface area contributed by atoms with Gasteiger partial charge >= 0.3 is 6.03 Å². The van der Waals surface area contributed by atoms with Gasteiger partial charge in [0.2, 0.25) is 21.8 Å². The summed E-state index contributed by atoms with van der Waals surface area (Å²) in [5.41, 5.74) is 2.00. The fourth-order valence-corrected chi connectivity index (χ4v) is 8.93. The van der Waals surface area contributed by atoms with Crippen LogP contribution < -0.4 is 10.6 Å². The molecule has 1 aromatic heterocycles. The minimum atomic E-state index is -4.05. The standard InChI is InChI=1S/C37H49N7O7S2/c1-4-25(2)34(44-18-17-42(37(44)48)22-30-24-52-36(40-30)39-26(3)45)35(47)41-32(19-27-9-6-5-7-10-27)33(46)23-43(21-29-11-8-12-29)53(50,51)31-15-13-28(14-16-31)20-38-49/h5-7,9-10,13-16,20,24-25,29,32-34,46,49H,4,8,11-12,17-19,21-23H2,1-3H3,(H,41,47)(H,39,40,45)/b38-20+/t25-,32-,33+,34-/m0/s1. The van der Waals surface area contributed by atoms with E-state index in [4.69, 9.17) is 5.21 Å². The summed E-state index contributed by atoms with van der Waals surface area (Å²) >= 11 is 1.27. The van der Waals surface area contributed by atoms with Gasteiger partial charge in [-0.25, -0.2) is 18.2 Å². The molecule has 4 atom stereocenters. The van der Waals surface area contributed by atoms with E-state index in [0.717, 1.165) is 24.8 Å². The summed E-state index contributed by atoms with van der Waals surface area (Å²) in [4.78, 5) is 47.2. The van der Waals surface area contributed by atoms with Crippen LogP contribution in [0.1, 0.15) is 63.3 Å². The maximum atomic E-state index is 14.3. The third-order valence-electron chi connectivity index (χ3n) is 9.99. The lowest BCUT2D eigenvalue weighted by atomic mass is 9.85. The number of carbonyl (C=O) groups is 3. The molecule has 2 fully saturated rings. The van der Waals surface area contributed by atoms with E-state index in [-0.39, 0.29) is 54.7 Å². The summed E-state index contributed by atoms with van der Waals surface area (Å²) in [5, 5.41) is 31.7. The lowest BCUT2D eigenvalue weighted by Crippen LogP contribution is -2.57. The Labute approximate surface area is 314 Å². The molecule has 16 heteroatoms. The van der Waals surface area contributed by atoms with Gasteiger partial charge in [0.25, 0.3) is 0 Å². The Hall–Kier alpha value is -4.38. The molecule has 2 aromatic carbocycles. The summed E-state index contributed by atoms with van der Waals surface area (Å²) in [6.45, 7) is 6.14. The Balaban J connectivity index is 1.36. The second-order valence-corrected chi connectivity index (χ2v) is 16.7. The van der Waals surface area contributed by atoms with Crippen molar-refractivity contribution in [2.24, 2.45) is 17.0 Å². The van der Waals surface area contributed by atoms with Crippen molar-refractivity contribution < 1.29 is 33.1 Å². The van der Waals surface area contributed by atoms with Gasteiger partial charge in [-0.2, -0.15) is 4.31 Å². The highest BCUT2D eigenvalue weighted by Crippen LogP contribution is 2.30. The first-order valence-corrected chi connectivity index (χ1v) is 20.3. The van der Waals surface area contributed by atoms with Crippen LogP contribution in [0.2, 0.25) is 0 Å². The van der Waals surface area contributed by atoms with E-state index < -0.39 is 34.1 Å². The average molecular weight is 768 g/mol. The molecule has 2 aliphatic rings. The highest BCUT2D eigenvalue weighted by atomic mass is 32.2. The molecule has 5 rings (SSSR count). The maximum Gasteiger partial charge on any atom is 0.321 e. The molecule has 4 N–H and O–H groups in total. The monoisotopic (exact) mass is 767 g/mol. The summed E-state index contributed by atoms with van der Waals surface area (Å²) in [6, 6.07) is 13.3. The van der Waals surface area contributed by atoms with Gasteiger partial charge in [0.15, 0.2) is 5.13 Å². The second kappa shape index (κ2) is 18.1. The predicted octanol–water partition coefficient (Wildman–Crippen LogP) is 4.14. The zero-order valence-electron chi connectivity index (χ0n) is 30.3. The number of rotatable bonds is 18. The van der Waals surface area contributed by atoms with E-state index in [1.54, 1.807) is 27.3 Å². The van der Waals surface area contributed by atoms with Gasteiger partial charge in [-0.15, -0.1) is 11.3 Å². The Morgan fingerprint density at radius 3 is 2.47 bits per heavy atom. The van der Waals surface area contributed by atoms with E-state index in [0.29, 0.717) is 35.9 Å². The lowest BCUT2D eigenvalue weighted by Gasteiger charge is -2.36. The van der Waals surface area contributed by atoms with Crippen LogP contribution in [0.3, 0.4) is 0 Å². The quantitative estimate of drug-likeness (QED) is 0.0846. The number of oxime groups is 1. The van der Waals surface area contributed by atoms with Gasteiger partial charge in [0.1, 0.15) is 6.04 Å². The van der Waals surface area contributed by atoms with Crippen LogP contribution >= 0.6 is 11.3 Å². The number of aliphatic hydroxyl groups excluding tert-OH is 1. The Morgan fingerprint density at radius 2 is 1.85 bits per heavy atom. The molecule has 286 valence electrons. The van der Waals surface area contributed by atoms with Crippen molar-refractivity contribution in [1.29, 1.82) is 0 Å². The first-order valence-electron chi connectivity index (χ1n) is 18.0. The van der Waals surface area contributed by atoms with Crippen LogP contribution in [-0.2, 0) is 32.6 Å². The van der Waals surface area contributed by atoms with E-state index in [2.05, 4.69) is 20.8 Å². The Morgan fingerprint density at radius 1 is 1.13 bits per heavy atom. The summed E-state index contributed by atoms with van der Waals surface area (Å²) in [7, 11) is -4.05. The zero-order chi connectivity index (χ0) is 38.1. The van der Waals surface area contributed by atoms with Crippen LogP contribution in [0.4, 0.5) is 9.93 Å². The molecule has 1 saturated heterocycles. The highest BCUT2D eigenvalue weighted by molar-refractivity contribution is 7.89. The summed E-state index contributed by atoms with van der Waals surface area (Å²) < 4.78 is 29.4. The van der Waals surface area contributed by atoms with Crippen molar-refractivity contribution in [3.05, 3.63) is 76.8 Å². The molecule has 4 amide bonds. The SMILES string of the molecule is CC[C@H](C)[C@@H](C(=O)N[C@@H](Cc1ccccc1)[C@H](O)CN(CC1CCC1)S(=O)(=O)c1ccc(/C=N/O)cc1)N1CCN(Cc2csc(NC(C)=O)n2)C1=O. The molecule has 0 radical (unpaired) electrons. The number of aromatic nitrogens is 1. The minimum absolute atomic E-state index is 0.0423. The van der Waals surface area contributed by atoms with Crippen LogP contribution in [0, 0.1) is 11.8 Å². The topological polar surface area (TPSA) is 185 Å². The molecule has 1 aliphatic carbocycles. The zero-order valence-corrected chi connectivity index (χ0v) is 31.9. The predicted molar refractivity (Wildman–Crippen MR) is 202 cm³/mol. The Bertz CT molecular complexity index is 1830. The molecule has 0 bridgehead atoms. The first-order chi connectivity index (χ1) is 25.4. The number of aliphatic hydroxyl groups is 1. The van der Waals surface area contributed by atoms with Crippen LogP contribution in [0.5, 0.6) is 0 Å². The molecule has 0 spiro atoms. The molecule has 1 saturated carbocycles. The molecular formula is C37H49N7O7S2. The van der Waals surface area contributed by atoms with Crippen molar-refractivity contribution in [2.75, 3.05) is 31.5 Å². The summed E-state index contributed by atoms with van der Waals surface area (Å²) in [6.07, 6.45) is 3.53. The van der Waals surface area contributed by atoms with E-state index in [9.17, 15) is 27.9 Å². The normalized spacial score (nSPS) is 17.5. The smallest absolute Gasteiger partial charge is 0.321 e. The van der Waals surface area contributed by atoms with Crippen LogP contribution in [-0.4, -0.2) is 106 Å². The number of benzene rings is 2. The highest BCUT2D eigenvalue weighted by Gasteiger charge is 2.41. The summed E-state index contributed by atoms with van der Waals surface area (Å²) in [5.74, 6) is -0.736. The first kappa shape index (κ1) is 39.8. The van der Waals surface area contributed by atoms with E-state index in [1.165, 1.54) is 40.9 Å². The molecule has 53 heavy (non-hydrogen) atoms. The van der Waals surface area contributed by atoms with Gasteiger partial charge in [-0.3, -0.25) is 9.59 Å². The van der Waals surface area contributed by atoms with E-state index in [1.807, 2.05) is 44.2 Å². The number of carbonyl (C=O) groups excluding carboxylic acids is 3. The van der Waals surface area contributed by atoms with Gasteiger partial charge in [-0.05, 0) is 54.4 Å². The van der Waals surface area contributed by atoms with Gasteiger partial charge in [-0.1, -0.05) is 74.3 Å². The maximum absolute atomic E-state index is 14.3. The number of nitrogens with zero attached hydrogens (tertiary/aromatic N) is 5. The van der Waals surface area contributed by atoms with Gasteiger partial charge < -0.3 is 30.7 Å². The van der Waals surface area contributed by atoms with E-state index >= 15 is 0 Å². The number of sulfonamides is 1. The molecular weight excluding hydrogens is 719 g/mol. The lowest BCUT2D eigenvalue weighted by molar-refractivity contribution is -0.128. The Kier molecular flexibility index (Phi) is 13.6. The number of hydrogen-bond donors (Lipinski definition) is 4. The largest absolute Gasteiger partial charge is 0.411 e. The minimum Gasteiger partial charge on any atom is -0.411 e. The van der Waals surface area contributed by atoms with Crippen molar-refractivity contribution in [3.63, 3.8) is 0 Å². The van der Waals surface area contributed by atoms with Crippen molar-refractivity contribution in [2.45, 2.75) is 82.5 Å². The number of hydrogen-bond acceptors (Lipinski definition) is 10.